The van der Waals surface area contributed by atoms with Crippen molar-refractivity contribution in [3.05, 3.63) is 77.8 Å². The van der Waals surface area contributed by atoms with Crippen molar-refractivity contribution in [2.45, 2.75) is 4.90 Å². The first-order chi connectivity index (χ1) is 14.8. The summed E-state index contributed by atoms with van der Waals surface area (Å²) in [5.74, 6) is 0.399. The molecule has 0 amide bonds. The van der Waals surface area contributed by atoms with E-state index in [9.17, 15) is 8.42 Å². The number of fused-ring (bicyclic) bond motifs is 1. The summed E-state index contributed by atoms with van der Waals surface area (Å²) < 4.78 is 28.4. The number of rotatable bonds is 6. The molecule has 0 aliphatic heterocycles. The second kappa shape index (κ2) is 8.41. The molecule has 0 unspecified atom stereocenters. The van der Waals surface area contributed by atoms with Gasteiger partial charge in [0, 0.05) is 30.5 Å². The molecule has 7 nitrogen and oxygen atoms in total. The monoisotopic (exact) mass is 453 g/mol. The third-order valence-corrected chi connectivity index (χ3v) is 6.16. The van der Waals surface area contributed by atoms with E-state index in [2.05, 4.69) is 20.0 Å². The average Bonchev–Trinajstić information content (AvgIpc) is 2.74. The van der Waals surface area contributed by atoms with Gasteiger partial charge < -0.3 is 10.2 Å². The van der Waals surface area contributed by atoms with Gasteiger partial charge in [-0.05, 0) is 54.6 Å². The summed E-state index contributed by atoms with van der Waals surface area (Å²) in [6, 6.07) is 20.9. The molecule has 1 heterocycles. The van der Waals surface area contributed by atoms with Gasteiger partial charge in [0.15, 0.2) is 11.6 Å². The summed E-state index contributed by atoms with van der Waals surface area (Å²) in [7, 11) is -0.00437. The lowest BCUT2D eigenvalue weighted by Crippen LogP contribution is -2.16. The zero-order chi connectivity index (χ0) is 22.0. The van der Waals surface area contributed by atoms with Crippen LogP contribution in [-0.4, -0.2) is 32.5 Å². The molecule has 2 N–H and O–H groups in total. The number of nitrogens with zero attached hydrogens (tertiary/aromatic N) is 3. The summed E-state index contributed by atoms with van der Waals surface area (Å²) in [5, 5.41) is 3.65. The van der Waals surface area contributed by atoms with Crippen molar-refractivity contribution in [3.63, 3.8) is 0 Å². The van der Waals surface area contributed by atoms with Crippen LogP contribution in [0.15, 0.2) is 77.7 Å². The first kappa shape index (κ1) is 20.9. The number of benzene rings is 3. The minimum absolute atomic E-state index is 0.0763. The van der Waals surface area contributed by atoms with Gasteiger partial charge in [-0.3, -0.25) is 4.72 Å². The molecule has 0 bridgehead atoms. The minimum Gasteiger partial charge on any atom is -0.378 e. The summed E-state index contributed by atoms with van der Waals surface area (Å²) >= 11 is 5.89. The Morgan fingerprint density at radius 3 is 2.13 bits per heavy atom. The molecule has 0 radical (unpaired) electrons. The molecular weight excluding hydrogens is 434 g/mol. The van der Waals surface area contributed by atoms with Crippen LogP contribution in [0.2, 0.25) is 5.02 Å². The van der Waals surface area contributed by atoms with E-state index in [1.165, 1.54) is 24.3 Å². The number of hydrogen-bond acceptors (Lipinski definition) is 6. The van der Waals surface area contributed by atoms with Crippen LogP contribution in [-0.2, 0) is 10.0 Å². The molecule has 0 aliphatic rings. The second-order valence-electron chi connectivity index (χ2n) is 7.04. The maximum atomic E-state index is 12.9. The molecule has 4 aromatic rings. The van der Waals surface area contributed by atoms with Crippen LogP contribution in [0.1, 0.15) is 0 Å². The Hall–Kier alpha value is -3.36. The van der Waals surface area contributed by atoms with Crippen molar-refractivity contribution in [2.24, 2.45) is 0 Å². The fourth-order valence-electron chi connectivity index (χ4n) is 2.96. The third kappa shape index (κ3) is 4.70. The summed E-state index contributed by atoms with van der Waals surface area (Å²) in [6.07, 6.45) is 0. The first-order valence-corrected chi connectivity index (χ1v) is 11.3. The van der Waals surface area contributed by atoms with Gasteiger partial charge >= 0.3 is 0 Å². The average molecular weight is 454 g/mol. The molecule has 0 fully saturated rings. The van der Waals surface area contributed by atoms with Gasteiger partial charge in [0.2, 0.25) is 0 Å². The molecule has 1 aromatic heterocycles. The Morgan fingerprint density at radius 1 is 0.839 bits per heavy atom. The third-order valence-electron chi connectivity index (χ3n) is 4.55. The number of hydrogen-bond donors (Lipinski definition) is 2. The molecule has 0 aliphatic carbocycles. The second-order valence-corrected chi connectivity index (χ2v) is 9.16. The van der Waals surface area contributed by atoms with E-state index in [1.807, 2.05) is 61.5 Å². The molecule has 0 saturated heterocycles. The number of nitrogens with one attached hydrogen (secondary N) is 2. The Balaban J connectivity index is 1.76. The molecule has 3 aromatic carbocycles. The largest absolute Gasteiger partial charge is 0.378 e. The fourth-order valence-corrected chi connectivity index (χ4v) is 4.09. The Kier molecular flexibility index (Phi) is 5.67. The van der Waals surface area contributed by atoms with Crippen LogP contribution in [0.3, 0.4) is 0 Å². The molecule has 4 rings (SSSR count). The predicted molar refractivity (Wildman–Crippen MR) is 126 cm³/mol. The lowest BCUT2D eigenvalue weighted by atomic mass is 10.2. The number of para-hydroxylation sites is 2. The molecule has 31 heavy (non-hydrogen) atoms. The van der Waals surface area contributed by atoms with Crippen LogP contribution in [0.5, 0.6) is 0 Å². The van der Waals surface area contributed by atoms with Crippen LogP contribution in [0, 0.1) is 0 Å². The molecule has 0 saturated carbocycles. The van der Waals surface area contributed by atoms with E-state index in [0.29, 0.717) is 21.9 Å². The highest BCUT2D eigenvalue weighted by Gasteiger charge is 2.19. The van der Waals surface area contributed by atoms with Gasteiger partial charge in [0.05, 0.1) is 15.9 Å². The van der Waals surface area contributed by atoms with E-state index in [4.69, 9.17) is 11.6 Å². The topological polar surface area (TPSA) is 87.2 Å². The summed E-state index contributed by atoms with van der Waals surface area (Å²) in [6.45, 7) is 0. The van der Waals surface area contributed by atoms with Gasteiger partial charge in [-0.15, -0.1) is 0 Å². The lowest BCUT2D eigenvalue weighted by molar-refractivity contribution is 0.601. The van der Waals surface area contributed by atoms with Crippen LogP contribution in [0.4, 0.5) is 23.0 Å². The maximum Gasteiger partial charge on any atom is 0.263 e. The molecule has 0 atom stereocenters. The zero-order valence-corrected chi connectivity index (χ0v) is 18.4. The normalized spacial score (nSPS) is 11.3. The Morgan fingerprint density at radius 2 is 1.48 bits per heavy atom. The quantitative estimate of drug-likeness (QED) is 0.432. The zero-order valence-electron chi connectivity index (χ0n) is 16.9. The predicted octanol–water partition coefficient (Wildman–Crippen LogP) is 4.89. The van der Waals surface area contributed by atoms with Gasteiger partial charge in [0.1, 0.15) is 0 Å². The molecule has 0 spiro atoms. The van der Waals surface area contributed by atoms with Crippen molar-refractivity contribution in [1.29, 1.82) is 0 Å². The van der Waals surface area contributed by atoms with E-state index >= 15 is 0 Å². The first-order valence-electron chi connectivity index (χ1n) is 9.41. The molecular formula is C22H20ClN5O2S. The van der Waals surface area contributed by atoms with Gasteiger partial charge in [-0.1, -0.05) is 29.8 Å². The molecule has 158 valence electrons. The highest BCUT2D eigenvalue weighted by molar-refractivity contribution is 7.92. The van der Waals surface area contributed by atoms with E-state index in [1.54, 1.807) is 6.07 Å². The van der Waals surface area contributed by atoms with Crippen LogP contribution >= 0.6 is 11.6 Å². The number of aromatic nitrogens is 2. The number of halogens is 1. The SMILES string of the molecule is CN(C)c1cccc(Nc2nc3ccccc3nc2NS(=O)(=O)c2ccc(Cl)cc2)c1. The Bertz CT molecular complexity index is 1340. The Labute approximate surface area is 185 Å². The van der Waals surface area contributed by atoms with Crippen molar-refractivity contribution < 1.29 is 8.42 Å². The van der Waals surface area contributed by atoms with E-state index in [0.717, 1.165) is 11.4 Å². The highest BCUT2D eigenvalue weighted by atomic mass is 35.5. The van der Waals surface area contributed by atoms with Crippen LogP contribution in [0.25, 0.3) is 11.0 Å². The lowest BCUT2D eigenvalue weighted by Gasteiger charge is -2.16. The van der Waals surface area contributed by atoms with E-state index < -0.39 is 10.0 Å². The minimum atomic E-state index is -3.89. The van der Waals surface area contributed by atoms with Crippen LogP contribution < -0.4 is 14.9 Å². The standard InChI is InChI=1S/C22H20ClN5O2S/c1-28(2)17-7-5-6-16(14-17)24-21-22(26-20-9-4-3-8-19(20)25-21)27-31(29,30)18-12-10-15(23)11-13-18/h3-14H,1-2H3,(H,24,25)(H,26,27). The van der Waals surface area contributed by atoms with Gasteiger partial charge in [-0.2, -0.15) is 0 Å². The number of anilines is 4. The van der Waals surface area contributed by atoms with Gasteiger partial charge in [0.25, 0.3) is 10.0 Å². The highest BCUT2D eigenvalue weighted by Crippen LogP contribution is 2.28. The van der Waals surface area contributed by atoms with E-state index in [-0.39, 0.29) is 10.7 Å². The number of sulfonamides is 1. The van der Waals surface area contributed by atoms with Crippen molar-refractivity contribution in [2.75, 3.05) is 29.0 Å². The smallest absolute Gasteiger partial charge is 0.263 e. The summed E-state index contributed by atoms with van der Waals surface area (Å²) in [4.78, 5) is 11.2. The van der Waals surface area contributed by atoms with Crippen molar-refractivity contribution >= 4 is 55.7 Å². The summed E-state index contributed by atoms with van der Waals surface area (Å²) in [5.41, 5.74) is 2.96. The molecule has 9 heteroatoms. The fraction of sp³-hybridized carbons (Fsp3) is 0.0909. The van der Waals surface area contributed by atoms with Crippen molar-refractivity contribution in [3.8, 4) is 0 Å². The van der Waals surface area contributed by atoms with Crippen molar-refractivity contribution in [1.82, 2.24) is 9.97 Å². The van der Waals surface area contributed by atoms with Gasteiger partial charge in [-0.25, -0.2) is 18.4 Å². The maximum absolute atomic E-state index is 12.9.